The molecule has 1 N–H and O–H groups in total. The van der Waals surface area contributed by atoms with Gasteiger partial charge in [-0.25, -0.2) is 4.79 Å². The minimum Gasteiger partial charge on any atom is -0.497 e. The molecule has 1 fully saturated rings. The summed E-state index contributed by atoms with van der Waals surface area (Å²) in [5.74, 6) is 2.72. The maximum atomic E-state index is 12.4. The number of hydrogen-bond acceptors (Lipinski definition) is 3. The molecule has 5 heteroatoms. The number of carbonyl (C=O) groups excluding carboxylic acids is 1. The highest BCUT2D eigenvalue weighted by atomic mass is 16.5. The molecule has 1 heterocycles. The van der Waals surface area contributed by atoms with Crippen LogP contribution in [0.5, 0.6) is 11.5 Å². The number of nitrogens with one attached hydrogen (secondary N) is 1. The Morgan fingerprint density at radius 3 is 2.48 bits per heavy atom. The molecule has 0 radical (unpaired) electrons. The Bertz CT molecular complexity index is 584. The number of rotatable bonds is 4. The SMILES string of the molecule is COc1ccc(CNC(=O)N2C[C@H]3CC=CC[C@@H]3C2)c(OC)c1. The first-order chi connectivity index (χ1) is 11.2. The van der Waals surface area contributed by atoms with Gasteiger partial charge in [0.25, 0.3) is 0 Å². The van der Waals surface area contributed by atoms with E-state index in [4.69, 9.17) is 9.47 Å². The van der Waals surface area contributed by atoms with Crippen molar-refractivity contribution >= 4 is 6.03 Å². The monoisotopic (exact) mass is 316 g/mol. The number of methoxy groups -OCH3 is 2. The molecular weight excluding hydrogens is 292 g/mol. The average molecular weight is 316 g/mol. The summed E-state index contributed by atoms with van der Waals surface area (Å²) in [6, 6.07) is 5.64. The van der Waals surface area contributed by atoms with Crippen LogP contribution in [0.15, 0.2) is 30.4 Å². The summed E-state index contributed by atoms with van der Waals surface area (Å²) in [6.45, 7) is 2.18. The molecule has 2 aliphatic rings. The van der Waals surface area contributed by atoms with E-state index in [1.807, 2.05) is 23.1 Å². The van der Waals surface area contributed by atoms with Crippen molar-refractivity contribution in [1.82, 2.24) is 10.2 Å². The van der Waals surface area contributed by atoms with Crippen LogP contribution in [-0.2, 0) is 6.54 Å². The highest BCUT2D eigenvalue weighted by Gasteiger charge is 2.34. The van der Waals surface area contributed by atoms with Crippen molar-refractivity contribution < 1.29 is 14.3 Å². The zero-order chi connectivity index (χ0) is 16.2. The molecule has 2 atom stereocenters. The van der Waals surface area contributed by atoms with Crippen LogP contribution in [0.1, 0.15) is 18.4 Å². The first-order valence-electron chi connectivity index (χ1n) is 8.10. The summed E-state index contributed by atoms with van der Waals surface area (Å²) in [4.78, 5) is 14.4. The molecule has 3 rings (SSSR count). The second-order valence-electron chi connectivity index (χ2n) is 6.20. The van der Waals surface area contributed by atoms with Crippen LogP contribution in [-0.4, -0.2) is 38.2 Å². The largest absolute Gasteiger partial charge is 0.497 e. The number of urea groups is 1. The van der Waals surface area contributed by atoms with Crippen molar-refractivity contribution in [2.24, 2.45) is 11.8 Å². The lowest BCUT2D eigenvalue weighted by atomic mass is 9.86. The van der Waals surface area contributed by atoms with E-state index in [9.17, 15) is 4.79 Å². The number of nitrogens with zero attached hydrogens (tertiary/aromatic N) is 1. The van der Waals surface area contributed by atoms with Crippen LogP contribution >= 0.6 is 0 Å². The second-order valence-corrected chi connectivity index (χ2v) is 6.20. The van der Waals surface area contributed by atoms with Gasteiger partial charge in [0.2, 0.25) is 0 Å². The number of allylic oxidation sites excluding steroid dienone is 2. The maximum absolute atomic E-state index is 12.4. The summed E-state index contributed by atoms with van der Waals surface area (Å²) >= 11 is 0. The van der Waals surface area contributed by atoms with Crippen molar-refractivity contribution in [2.45, 2.75) is 19.4 Å². The molecule has 124 valence electrons. The Morgan fingerprint density at radius 2 is 1.87 bits per heavy atom. The van der Waals surface area contributed by atoms with Gasteiger partial charge in [0.05, 0.1) is 14.2 Å². The van der Waals surface area contributed by atoms with Gasteiger partial charge in [-0.2, -0.15) is 0 Å². The molecule has 1 aromatic carbocycles. The minimum absolute atomic E-state index is 0.0114. The topological polar surface area (TPSA) is 50.8 Å². The quantitative estimate of drug-likeness (QED) is 0.869. The number of ether oxygens (including phenoxy) is 2. The maximum Gasteiger partial charge on any atom is 0.317 e. The van der Waals surface area contributed by atoms with Gasteiger partial charge in [0, 0.05) is 31.3 Å². The van der Waals surface area contributed by atoms with Crippen molar-refractivity contribution in [2.75, 3.05) is 27.3 Å². The van der Waals surface area contributed by atoms with Gasteiger partial charge in [-0.05, 0) is 36.8 Å². The molecule has 0 unspecified atom stereocenters. The van der Waals surface area contributed by atoms with Crippen LogP contribution < -0.4 is 14.8 Å². The fourth-order valence-corrected chi connectivity index (χ4v) is 3.46. The third-order valence-corrected chi connectivity index (χ3v) is 4.83. The van der Waals surface area contributed by atoms with Crippen LogP contribution in [0.2, 0.25) is 0 Å². The summed E-state index contributed by atoms with van der Waals surface area (Å²) in [6.07, 6.45) is 6.68. The molecule has 0 aromatic heterocycles. The second kappa shape index (κ2) is 6.94. The average Bonchev–Trinajstić information content (AvgIpc) is 3.03. The molecule has 2 amide bonds. The fraction of sp³-hybridized carbons (Fsp3) is 0.500. The summed E-state index contributed by atoms with van der Waals surface area (Å²) in [7, 11) is 3.25. The Kier molecular flexibility index (Phi) is 4.74. The smallest absolute Gasteiger partial charge is 0.317 e. The highest BCUT2D eigenvalue weighted by molar-refractivity contribution is 5.74. The van der Waals surface area contributed by atoms with Crippen LogP contribution in [0.25, 0.3) is 0 Å². The number of hydrogen-bond donors (Lipinski definition) is 1. The van der Waals surface area contributed by atoms with Crippen LogP contribution in [0.4, 0.5) is 4.79 Å². The lowest BCUT2D eigenvalue weighted by Crippen LogP contribution is -2.38. The Labute approximate surface area is 137 Å². The summed E-state index contributed by atoms with van der Waals surface area (Å²) in [5, 5.41) is 3.01. The van der Waals surface area contributed by atoms with Crippen LogP contribution in [0, 0.1) is 11.8 Å². The molecule has 1 aliphatic heterocycles. The number of amides is 2. The van der Waals surface area contributed by atoms with E-state index in [0.717, 1.165) is 43.0 Å². The van der Waals surface area contributed by atoms with Crippen molar-refractivity contribution in [1.29, 1.82) is 0 Å². The van der Waals surface area contributed by atoms with E-state index < -0.39 is 0 Å². The van der Waals surface area contributed by atoms with E-state index in [1.54, 1.807) is 14.2 Å². The van der Waals surface area contributed by atoms with Crippen molar-refractivity contribution in [3.05, 3.63) is 35.9 Å². The molecule has 23 heavy (non-hydrogen) atoms. The molecular formula is C18H24N2O3. The summed E-state index contributed by atoms with van der Waals surface area (Å²) in [5.41, 5.74) is 0.944. The van der Waals surface area contributed by atoms with Gasteiger partial charge >= 0.3 is 6.03 Å². The highest BCUT2D eigenvalue weighted by Crippen LogP contribution is 2.32. The van der Waals surface area contributed by atoms with Crippen molar-refractivity contribution in [3.8, 4) is 11.5 Å². The molecule has 1 saturated heterocycles. The number of fused-ring (bicyclic) bond motifs is 1. The first kappa shape index (κ1) is 15.7. The van der Waals surface area contributed by atoms with E-state index in [1.165, 1.54) is 0 Å². The lowest BCUT2D eigenvalue weighted by molar-refractivity contribution is 0.206. The number of carbonyl (C=O) groups is 1. The summed E-state index contributed by atoms with van der Waals surface area (Å²) < 4.78 is 10.6. The molecule has 1 aromatic rings. The molecule has 0 bridgehead atoms. The van der Waals surface area contributed by atoms with Crippen LogP contribution in [0.3, 0.4) is 0 Å². The molecule has 0 saturated carbocycles. The van der Waals surface area contributed by atoms with Crippen molar-refractivity contribution in [3.63, 3.8) is 0 Å². The zero-order valence-electron chi connectivity index (χ0n) is 13.7. The fourth-order valence-electron chi connectivity index (χ4n) is 3.46. The lowest BCUT2D eigenvalue weighted by Gasteiger charge is -2.18. The van der Waals surface area contributed by atoms with E-state index in [2.05, 4.69) is 17.5 Å². The molecule has 0 spiro atoms. The van der Waals surface area contributed by atoms with Gasteiger partial charge in [-0.15, -0.1) is 0 Å². The number of likely N-dealkylation sites (tertiary alicyclic amines) is 1. The van der Waals surface area contributed by atoms with Gasteiger partial charge in [-0.1, -0.05) is 12.2 Å². The Hall–Kier alpha value is -2.17. The predicted molar refractivity (Wildman–Crippen MR) is 88.7 cm³/mol. The van der Waals surface area contributed by atoms with E-state index in [0.29, 0.717) is 18.4 Å². The van der Waals surface area contributed by atoms with Gasteiger partial charge in [-0.3, -0.25) is 0 Å². The van der Waals surface area contributed by atoms with E-state index >= 15 is 0 Å². The minimum atomic E-state index is 0.0114. The number of benzene rings is 1. The predicted octanol–water partition coefficient (Wildman–Crippen LogP) is 2.81. The molecule has 5 nitrogen and oxygen atoms in total. The Morgan fingerprint density at radius 1 is 1.17 bits per heavy atom. The van der Waals surface area contributed by atoms with E-state index in [-0.39, 0.29) is 6.03 Å². The first-order valence-corrected chi connectivity index (χ1v) is 8.10. The van der Waals surface area contributed by atoms with Gasteiger partial charge < -0.3 is 19.7 Å². The normalized spacial score (nSPS) is 22.6. The zero-order valence-corrected chi connectivity index (χ0v) is 13.7. The third-order valence-electron chi connectivity index (χ3n) is 4.83. The standard InChI is InChI=1S/C18H24N2O3/c1-22-16-8-7-13(17(9-16)23-2)10-19-18(21)20-11-14-5-3-4-6-15(14)12-20/h3-4,7-9,14-15H,5-6,10-12H2,1-2H3,(H,19,21)/t14-,15-/m1/s1. The van der Waals surface area contributed by atoms with Gasteiger partial charge in [0.15, 0.2) is 0 Å². The Balaban J connectivity index is 1.57. The third kappa shape index (κ3) is 3.44. The molecule has 1 aliphatic carbocycles. The van der Waals surface area contributed by atoms with Gasteiger partial charge in [0.1, 0.15) is 11.5 Å².